The summed E-state index contributed by atoms with van der Waals surface area (Å²) in [6, 6.07) is 4.31. The molecule has 0 saturated carbocycles. The van der Waals surface area contributed by atoms with Crippen LogP contribution in [0.5, 0.6) is 5.75 Å². The average Bonchev–Trinajstić information content (AvgIpc) is 2.47. The van der Waals surface area contributed by atoms with E-state index >= 15 is 0 Å². The molecule has 144 valence electrons. The van der Waals surface area contributed by atoms with Crippen LogP contribution in [0.1, 0.15) is 5.56 Å². The number of alkyl halides is 2. The van der Waals surface area contributed by atoms with Gasteiger partial charge in [-0.1, -0.05) is 11.6 Å². The molecular formula is C13H20ClF2IN4O3S. The predicted molar refractivity (Wildman–Crippen MR) is 105 cm³/mol. The molecule has 1 aromatic rings. The number of nitrogens with zero attached hydrogens (tertiary/aromatic N) is 1. The quantitative estimate of drug-likeness (QED) is 0.214. The van der Waals surface area contributed by atoms with Gasteiger partial charge in [-0.3, -0.25) is 4.99 Å². The monoisotopic (exact) mass is 512 g/mol. The highest BCUT2D eigenvalue weighted by Crippen LogP contribution is 2.24. The first-order chi connectivity index (χ1) is 11.2. The van der Waals surface area contributed by atoms with E-state index in [1.165, 1.54) is 25.2 Å². The Kier molecular flexibility index (Phi) is 11.2. The summed E-state index contributed by atoms with van der Waals surface area (Å²) in [5.41, 5.74) is 0.431. The second-order valence-electron chi connectivity index (χ2n) is 4.65. The van der Waals surface area contributed by atoms with Gasteiger partial charge in [-0.15, -0.1) is 24.0 Å². The maximum Gasteiger partial charge on any atom is 0.387 e. The molecule has 0 unspecified atom stereocenters. The molecule has 0 aliphatic heterocycles. The highest BCUT2D eigenvalue weighted by molar-refractivity contribution is 14.0. The lowest BCUT2D eigenvalue weighted by Crippen LogP contribution is -2.41. The Hall–Kier alpha value is -0.920. The van der Waals surface area contributed by atoms with Gasteiger partial charge in [0, 0.05) is 37.3 Å². The number of hydrogen-bond acceptors (Lipinski definition) is 4. The zero-order chi connectivity index (χ0) is 18.2. The zero-order valence-corrected chi connectivity index (χ0v) is 17.5. The van der Waals surface area contributed by atoms with Crippen molar-refractivity contribution >= 4 is 51.6 Å². The van der Waals surface area contributed by atoms with E-state index in [0.717, 1.165) is 6.26 Å². The Labute approximate surface area is 167 Å². The molecule has 0 spiro atoms. The number of nitrogens with one attached hydrogen (secondary N) is 3. The lowest BCUT2D eigenvalue weighted by molar-refractivity contribution is -0.0504. The van der Waals surface area contributed by atoms with Crippen molar-refractivity contribution in [2.45, 2.75) is 13.2 Å². The van der Waals surface area contributed by atoms with Gasteiger partial charge >= 0.3 is 6.61 Å². The second-order valence-corrected chi connectivity index (χ2v) is 6.92. The molecule has 0 atom stereocenters. The first-order valence-electron chi connectivity index (χ1n) is 6.83. The highest BCUT2D eigenvalue weighted by Gasteiger charge is 2.11. The Balaban J connectivity index is 0.00000576. The third-order valence-electron chi connectivity index (χ3n) is 2.69. The van der Waals surface area contributed by atoms with Gasteiger partial charge in [0.05, 0.1) is 6.26 Å². The number of ether oxygens (including phenoxy) is 1. The summed E-state index contributed by atoms with van der Waals surface area (Å²) in [7, 11) is -1.74. The van der Waals surface area contributed by atoms with E-state index in [9.17, 15) is 17.2 Å². The van der Waals surface area contributed by atoms with E-state index in [4.69, 9.17) is 11.6 Å². The summed E-state index contributed by atoms with van der Waals surface area (Å²) in [6.45, 7) is -2.33. The standard InChI is InChI=1S/C13H19ClF2N4O3S.HI/c1-17-13(18-5-6-20-24(2,21)22)19-8-9-7-10(14)3-4-11(9)23-12(15)16;/h3-4,7,12,20H,5-6,8H2,1-2H3,(H2,17,18,19);1H. The van der Waals surface area contributed by atoms with Crippen LogP contribution >= 0.6 is 35.6 Å². The van der Waals surface area contributed by atoms with E-state index in [1.54, 1.807) is 0 Å². The first kappa shape index (κ1) is 24.1. The smallest absolute Gasteiger partial charge is 0.387 e. The van der Waals surface area contributed by atoms with Crippen molar-refractivity contribution in [2.75, 3.05) is 26.4 Å². The predicted octanol–water partition coefficient (Wildman–Crippen LogP) is 1.77. The summed E-state index contributed by atoms with van der Waals surface area (Å²) >= 11 is 5.87. The van der Waals surface area contributed by atoms with Crippen LogP contribution in [0.4, 0.5) is 8.78 Å². The van der Waals surface area contributed by atoms with E-state index in [2.05, 4.69) is 25.1 Å². The van der Waals surface area contributed by atoms with Crippen LogP contribution in [0.2, 0.25) is 5.02 Å². The van der Waals surface area contributed by atoms with Crippen molar-refractivity contribution in [3.05, 3.63) is 28.8 Å². The number of halogens is 4. The Morgan fingerprint density at radius 1 is 1.32 bits per heavy atom. The molecule has 12 heteroatoms. The molecule has 0 fully saturated rings. The molecule has 25 heavy (non-hydrogen) atoms. The van der Waals surface area contributed by atoms with Crippen molar-refractivity contribution in [1.29, 1.82) is 0 Å². The summed E-state index contributed by atoms with van der Waals surface area (Å²) < 4.78 is 53.4. The van der Waals surface area contributed by atoms with Crippen LogP contribution in [0, 0.1) is 0 Å². The molecule has 0 radical (unpaired) electrons. The molecule has 1 rings (SSSR count). The molecule has 0 aliphatic rings. The summed E-state index contributed by atoms with van der Waals surface area (Å²) in [5.74, 6) is 0.379. The molecule has 3 N–H and O–H groups in total. The number of aliphatic imine (C=N–C) groups is 1. The van der Waals surface area contributed by atoms with Crippen LogP contribution in [0.15, 0.2) is 23.2 Å². The number of rotatable bonds is 8. The van der Waals surface area contributed by atoms with Crippen molar-refractivity contribution < 1.29 is 21.9 Å². The maximum atomic E-state index is 12.4. The van der Waals surface area contributed by atoms with Crippen LogP contribution in [0.3, 0.4) is 0 Å². The lowest BCUT2D eigenvalue weighted by Gasteiger charge is -2.15. The number of benzene rings is 1. The Bertz CT molecular complexity index is 677. The van der Waals surface area contributed by atoms with E-state index in [1.807, 2.05) is 0 Å². The highest BCUT2D eigenvalue weighted by atomic mass is 127. The topological polar surface area (TPSA) is 91.8 Å². The van der Waals surface area contributed by atoms with Gasteiger partial charge in [-0.25, -0.2) is 13.1 Å². The lowest BCUT2D eigenvalue weighted by atomic mass is 10.2. The minimum absolute atomic E-state index is 0. The van der Waals surface area contributed by atoms with Gasteiger partial charge in [0.1, 0.15) is 5.75 Å². The van der Waals surface area contributed by atoms with Gasteiger partial charge in [0.15, 0.2) is 5.96 Å². The molecule has 0 aromatic heterocycles. The fourth-order valence-corrected chi connectivity index (χ4v) is 2.38. The van der Waals surface area contributed by atoms with Gasteiger partial charge < -0.3 is 15.4 Å². The molecule has 7 nitrogen and oxygen atoms in total. The normalized spacial score (nSPS) is 11.8. The van der Waals surface area contributed by atoms with Crippen molar-refractivity contribution in [2.24, 2.45) is 4.99 Å². The number of guanidine groups is 1. The first-order valence-corrected chi connectivity index (χ1v) is 9.10. The Morgan fingerprint density at radius 2 is 2.00 bits per heavy atom. The third-order valence-corrected chi connectivity index (χ3v) is 3.65. The molecule has 1 aromatic carbocycles. The van der Waals surface area contributed by atoms with E-state index in [-0.39, 0.29) is 42.8 Å². The van der Waals surface area contributed by atoms with Gasteiger partial charge in [0.2, 0.25) is 10.0 Å². The van der Waals surface area contributed by atoms with Gasteiger partial charge in [-0.05, 0) is 18.2 Å². The van der Waals surface area contributed by atoms with Crippen molar-refractivity contribution in [1.82, 2.24) is 15.4 Å². The minimum atomic E-state index is -3.26. The van der Waals surface area contributed by atoms with Gasteiger partial charge in [-0.2, -0.15) is 8.78 Å². The summed E-state index contributed by atoms with van der Waals surface area (Å²) in [5, 5.41) is 6.16. The largest absolute Gasteiger partial charge is 0.434 e. The minimum Gasteiger partial charge on any atom is -0.434 e. The molecule has 0 amide bonds. The molecule has 0 bridgehead atoms. The molecule has 0 heterocycles. The number of hydrogen-bond donors (Lipinski definition) is 3. The fourth-order valence-electron chi connectivity index (χ4n) is 1.71. The van der Waals surface area contributed by atoms with Crippen molar-refractivity contribution in [3.8, 4) is 5.75 Å². The number of sulfonamides is 1. The molecule has 0 aliphatic carbocycles. The molecule has 0 saturated heterocycles. The maximum absolute atomic E-state index is 12.4. The van der Waals surface area contributed by atoms with Crippen LogP contribution < -0.4 is 20.1 Å². The van der Waals surface area contributed by atoms with Crippen LogP contribution in [-0.4, -0.2) is 47.4 Å². The van der Waals surface area contributed by atoms with Crippen LogP contribution in [0.25, 0.3) is 0 Å². The van der Waals surface area contributed by atoms with E-state index < -0.39 is 16.6 Å². The van der Waals surface area contributed by atoms with Crippen LogP contribution in [-0.2, 0) is 16.6 Å². The summed E-state index contributed by atoms with van der Waals surface area (Å²) in [4.78, 5) is 3.95. The SMILES string of the molecule is CN=C(NCCNS(C)(=O)=O)NCc1cc(Cl)ccc1OC(F)F.I. The molecular weight excluding hydrogens is 493 g/mol. The third kappa shape index (κ3) is 10.6. The van der Waals surface area contributed by atoms with E-state index in [0.29, 0.717) is 23.1 Å². The van der Waals surface area contributed by atoms with Crippen molar-refractivity contribution in [3.63, 3.8) is 0 Å². The fraction of sp³-hybridized carbons (Fsp3) is 0.462. The summed E-state index contributed by atoms with van der Waals surface area (Å²) in [6.07, 6.45) is 1.06. The Morgan fingerprint density at radius 3 is 2.56 bits per heavy atom. The van der Waals surface area contributed by atoms with Gasteiger partial charge in [0.25, 0.3) is 0 Å². The second kappa shape index (κ2) is 11.6. The zero-order valence-electron chi connectivity index (χ0n) is 13.6. The average molecular weight is 513 g/mol.